The molecule has 1 unspecified atom stereocenters. The molecule has 0 aliphatic heterocycles. The molecule has 0 aliphatic carbocycles. The van der Waals surface area contributed by atoms with E-state index in [0.29, 0.717) is 5.39 Å². The van der Waals surface area contributed by atoms with E-state index in [2.05, 4.69) is 0 Å². The van der Waals surface area contributed by atoms with Crippen molar-refractivity contribution in [3.63, 3.8) is 0 Å². The smallest absolute Gasteiger partial charge is 0.357 e. The van der Waals surface area contributed by atoms with E-state index in [1.807, 2.05) is 6.07 Å². The van der Waals surface area contributed by atoms with E-state index in [-0.39, 0.29) is 11.5 Å². The van der Waals surface area contributed by atoms with Gasteiger partial charge < -0.3 is 9.29 Å². The van der Waals surface area contributed by atoms with Gasteiger partial charge in [-0.2, -0.15) is 4.21 Å². The monoisotopic (exact) mass is 224 g/mol. The zero-order chi connectivity index (χ0) is 10.8. The summed E-state index contributed by atoms with van der Waals surface area (Å²) in [6, 6.07) is 9.83. The van der Waals surface area contributed by atoms with Crippen LogP contribution in [-0.4, -0.2) is 13.9 Å². The van der Waals surface area contributed by atoms with Gasteiger partial charge in [0.05, 0.1) is 0 Å². The van der Waals surface area contributed by atoms with Crippen molar-refractivity contribution in [3.8, 4) is 11.5 Å². The lowest BCUT2D eigenvalue weighted by atomic mass is 10.1. The summed E-state index contributed by atoms with van der Waals surface area (Å²) in [7, 11) is 0. The number of hydrogen-bond donors (Lipinski definition) is 2. The van der Waals surface area contributed by atoms with Gasteiger partial charge in [0.1, 0.15) is 5.75 Å². The first kappa shape index (κ1) is 9.95. The Kier molecular flexibility index (Phi) is 2.57. The summed E-state index contributed by atoms with van der Waals surface area (Å²) in [5, 5.41) is 10.7. The van der Waals surface area contributed by atoms with Gasteiger partial charge in [-0.05, 0) is 23.6 Å². The number of benzene rings is 2. The molecule has 0 saturated heterocycles. The lowest BCUT2D eigenvalue weighted by Crippen LogP contribution is -1.97. The van der Waals surface area contributed by atoms with E-state index in [1.165, 1.54) is 6.07 Å². The predicted molar refractivity (Wildman–Crippen MR) is 57.0 cm³/mol. The molecule has 2 aromatic carbocycles. The normalized spacial score (nSPS) is 12.6. The first-order valence-corrected chi connectivity index (χ1v) is 5.21. The summed E-state index contributed by atoms with van der Waals surface area (Å²) in [5.74, 6) is 0.353. The molecule has 15 heavy (non-hydrogen) atoms. The summed E-state index contributed by atoms with van der Waals surface area (Å²) < 4.78 is 23.8. The second kappa shape index (κ2) is 3.88. The molecule has 2 N–H and O–H groups in total. The average Bonchev–Trinajstić information content (AvgIpc) is 2.18. The minimum Gasteiger partial charge on any atom is -0.508 e. The van der Waals surface area contributed by atoms with E-state index in [1.54, 1.807) is 24.3 Å². The molecule has 0 fully saturated rings. The van der Waals surface area contributed by atoms with Crippen molar-refractivity contribution in [1.29, 1.82) is 0 Å². The Morgan fingerprint density at radius 2 is 2.00 bits per heavy atom. The molecule has 0 aliphatic rings. The first-order valence-electron chi connectivity index (χ1n) is 4.18. The highest BCUT2D eigenvalue weighted by molar-refractivity contribution is 7.74. The van der Waals surface area contributed by atoms with Gasteiger partial charge in [0.25, 0.3) is 0 Å². The third-order valence-electron chi connectivity index (χ3n) is 1.99. The number of phenolic OH excluding ortho intramolecular Hbond substituents is 1. The van der Waals surface area contributed by atoms with Crippen LogP contribution in [0.3, 0.4) is 0 Å². The van der Waals surface area contributed by atoms with Crippen molar-refractivity contribution in [2.75, 3.05) is 0 Å². The standard InChI is InChI=1S/C10H8O4S/c11-8-5-4-7-2-1-3-10(9(7)6-8)14-15(12)13/h1-6,11H,(H,12,13). The van der Waals surface area contributed by atoms with E-state index in [9.17, 15) is 9.32 Å². The van der Waals surface area contributed by atoms with Gasteiger partial charge in [-0.1, -0.05) is 18.2 Å². The minimum atomic E-state index is -2.36. The van der Waals surface area contributed by atoms with E-state index >= 15 is 0 Å². The highest BCUT2D eigenvalue weighted by atomic mass is 32.2. The van der Waals surface area contributed by atoms with E-state index in [0.717, 1.165) is 5.39 Å². The average molecular weight is 224 g/mol. The molecule has 0 spiro atoms. The Bertz CT molecular complexity index is 524. The molecule has 5 heteroatoms. The Morgan fingerprint density at radius 3 is 2.73 bits per heavy atom. The second-order valence-electron chi connectivity index (χ2n) is 2.96. The Labute approximate surface area is 88.6 Å². The fourth-order valence-electron chi connectivity index (χ4n) is 1.38. The highest BCUT2D eigenvalue weighted by Crippen LogP contribution is 2.28. The van der Waals surface area contributed by atoms with Crippen LogP contribution in [0.15, 0.2) is 36.4 Å². The minimum absolute atomic E-state index is 0.0854. The van der Waals surface area contributed by atoms with Crippen LogP contribution >= 0.6 is 0 Å². The molecule has 1 atom stereocenters. The van der Waals surface area contributed by atoms with Gasteiger partial charge in [-0.3, -0.25) is 4.55 Å². The number of aromatic hydroxyl groups is 1. The van der Waals surface area contributed by atoms with Crippen molar-refractivity contribution in [2.24, 2.45) is 0 Å². The number of hydrogen-bond acceptors (Lipinski definition) is 3. The van der Waals surface area contributed by atoms with Gasteiger partial charge in [0.2, 0.25) is 0 Å². The maximum absolute atomic E-state index is 10.5. The highest BCUT2D eigenvalue weighted by Gasteiger charge is 2.05. The van der Waals surface area contributed by atoms with Crippen LogP contribution in [0, 0.1) is 0 Å². The molecule has 0 saturated carbocycles. The Hall–Kier alpha value is -1.59. The van der Waals surface area contributed by atoms with Gasteiger partial charge in [-0.15, -0.1) is 0 Å². The molecular weight excluding hydrogens is 216 g/mol. The Balaban J connectivity index is 2.63. The molecule has 0 aromatic heterocycles. The zero-order valence-electron chi connectivity index (χ0n) is 7.58. The quantitative estimate of drug-likeness (QED) is 0.766. The van der Waals surface area contributed by atoms with Crippen molar-refractivity contribution < 1.29 is 18.1 Å². The van der Waals surface area contributed by atoms with Crippen molar-refractivity contribution >= 4 is 22.1 Å². The molecule has 0 radical (unpaired) electrons. The molecule has 2 aromatic rings. The van der Waals surface area contributed by atoms with Crippen LogP contribution in [0.2, 0.25) is 0 Å². The SMILES string of the molecule is O=S(O)Oc1cccc2ccc(O)cc12. The van der Waals surface area contributed by atoms with Crippen molar-refractivity contribution in [3.05, 3.63) is 36.4 Å². The summed E-state index contributed by atoms with van der Waals surface area (Å²) in [4.78, 5) is 0. The molecular formula is C10H8O4S. The zero-order valence-corrected chi connectivity index (χ0v) is 8.40. The molecule has 78 valence electrons. The van der Waals surface area contributed by atoms with Gasteiger partial charge in [0, 0.05) is 5.39 Å². The molecule has 0 amide bonds. The number of rotatable bonds is 2. The van der Waals surface area contributed by atoms with Crippen LogP contribution in [-0.2, 0) is 11.4 Å². The second-order valence-corrected chi connectivity index (χ2v) is 3.56. The summed E-state index contributed by atoms with van der Waals surface area (Å²) in [6.07, 6.45) is 0. The fraction of sp³-hybridized carbons (Fsp3) is 0. The largest absolute Gasteiger partial charge is 0.508 e. The third kappa shape index (κ3) is 2.08. The van der Waals surface area contributed by atoms with Gasteiger partial charge >= 0.3 is 11.4 Å². The lowest BCUT2D eigenvalue weighted by Gasteiger charge is -2.05. The summed E-state index contributed by atoms with van der Waals surface area (Å²) in [5.41, 5.74) is 0. The third-order valence-corrected chi connectivity index (χ3v) is 2.31. The van der Waals surface area contributed by atoms with E-state index in [4.69, 9.17) is 8.74 Å². The van der Waals surface area contributed by atoms with Crippen LogP contribution in [0.5, 0.6) is 11.5 Å². The van der Waals surface area contributed by atoms with Crippen molar-refractivity contribution in [1.82, 2.24) is 0 Å². The Morgan fingerprint density at radius 1 is 1.20 bits per heavy atom. The molecule has 4 nitrogen and oxygen atoms in total. The molecule has 2 rings (SSSR count). The van der Waals surface area contributed by atoms with Crippen LogP contribution in [0.4, 0.5) is 0 Å². The van der Waals surface area contributed by atoms with Crippen LogP contribution in [0.25, 0.3) is 10.8 Å². The van der Waals surface area contributed by atoms with Gasteiger partial charge in [0.15, 0.2) is 5.75 Å². The fourth-order valence-corrected chi connectivity index (χ4v) is 1.68. The van der Waals surface area contributed by atoms with Crippen LogP contribution < -0.4 is 4.18 Å². The van der Waals surface area contributed by atoms with Crippen LogP contribution in [0.1, 0.15) is 0 Å². The molecule has 0 bridgehead atoms. The lowest BCUT2D eigenvalue weighted by molar-refractivity contribution is 0.459. The maximum Gasteiger partial charge on any atom is 0.357 e. The summed E-state index contributed by atoms with van der Waals surface area (Å²) in [6.45, 7) is 0. The number of phenols is 1. The molecule has 0 heterocycles. The van der Waals surface area contributed by atoms with Gasteiger partial charge in [-0.25, -0.2) is 0 Å². The predicted octanol–water partition coefficient (Wildman–Crippen LogP) is 2.06. The first-order chi connectivity index (χ1) is 7.16. The number of fused-ring (bicyclic) bond motifs is 1. The maximum atomic E-state index is 10.5. The van der Waals surface area contributed by atoms with E-state index < -0.39 is 11.4 Å². The summed E-state index contributed by atoms with van der Waals surface area (Å²) >= 11 is -2.36. The van der Waals surface area contributed by atoms with Crippen molar-refractivity contribution in [2.45, 2.75) is 0 Å². The topological polar surface area (TPSA) is 66.8 Å².